The summed E-state index contributed by atoms with van der Waals surface area (Å²) < 4.78 is 0. The number of nitrogens with one attached hydrogen (secondary N) is 1. The van der Waals surface area contributed by atoms with Crippen molar-refractivity contribution in [3.8, 4) is 11.3 Å². The second-order valence-corrected chi connectivity index (χ2v) is 6.86. The maximum Gasteiger partial charge on any atom is 0.272 e. The van der Waals surface area contributed by atoms with Crippen LogP contribution in [0.5, 0.6) is 0 Å². The summed E-state index contributed by atoms with van der Waals surface area (Å²) in [6.07, 6.45) is 0. The van der Waals surface area contributed by atoms with E-state index in [2.05, 4.69) is 10.3 Å². The molecule has 2 aromatic carbocycles. The minimum atomic E-state index is -0.408. The highest BCUT2D eigenvalue weighted by atomic mass is 32.1. The molecule has 1 N–H and O–H groups in total. The quantitative estimate of drug-likeness (QED) is 0.525. The minimum absolute atomic E-state index is 0.0523. The van der Waals surface area contributed by atoms with Gasteiger partial charge in [-0.25, -0.2) is 4.98 Å². The predicted molar refractivity (Wildman–Crippen MR) is 103 cm³/mol. The molecule has 0 fully saturated rings. The van der Waals surface area contributed by atoms with Crippen LogP contribution in [0.3, 0.4) is 0 Å². The topological polar surface area (TPSA) is 85.1 Å². The lowest BCUT2D eigenvalue weighted by molar-refractivity contribution is -0.385. The second kappa shape index (κ2) is 7.05. The number of hydrogen-bond donors (Lipinski definition) is 1. The molecule has 3 rings (SSSR count). The summed E-state index contributed by atoms with van der Waals surface area (Å²) in [5.41, 5.74) is 4.46. The normalized spacial score (nSPS) is 10.6. The molecule has 0 aliphatic heterocycles. The summed E-state index contributed by atoms with van der Waals surface area (Å²) in [6.45, 7) is 5.56. The highest BCUT2D eigenvalue weighted by Gasteiger charge is 2.15. The molecule has 0 bridgehead atoms. The molecule has 1 amide bonds. The van der Waals surface area contributed by atoms with Crippen molar-refractivity contribution in [2.24, 2.45) is 0 Å². The zero-order chi connectivity index (χ0) is 18.8. The van der Waals surface area contributed by atoms with E-state index in [9.17, 15) is 14.9 Å². The molecule has 0 unspecified atom stereocenters. The first-order valence-corrected chi connectivity index (χ1v) is 8.83. The summed E-state index contributed by atoms with van der Waals surface area (Å²) >= 11 is 1.28. The molecule has 3 aromatic rings. The van der Waals surface area contributed by atoms with Gasteiger partial charge in [-0.05, 0) is 38.0 Å². The van der Waals surface area contributed by atoms with Crippen LogP contribution < -0.4 is 5.32 Å². The number of aromatic nitrogens is 1. The van der Waals surface area contributed by atoms with Gasteiger partial charge in [-0.2, -0.15) is 0 Å². The van der Waals surface area contributed by atoms with Crippen molar-refractivity contribution < 1.29 is 9.72 Å². The maximum absolute atomic E-state index is 12.5. The van der Waals surface area contributed by atoms with Crippen LogP contribution in [0.25, 0.3) is 11.3 Å². The van der Waals surface area contributed by atoms with Crippen molar-refractivity contribution in [2.75, 3.05) is 5.32 Å². The number of nitro groups is 1. The first kappa shape index (κ1) is 17.8. The summed E-state index contributed by atoms with van der Waals surface area (Å²) in [4.78, 5) is 27.6. The highest BCUT2D eigenvalue weighted by Crippen LogP contribution is 2.29. The van der Waals surface area contributed by atoms with Crippen molar-refractivity contribution in [3.05, 3.63) is 74.1 Å². The van der Waals surface area contributed by atoms with Crippen LogP contribution in [0, 0.1) is 30.9 Å². The van der Waals surface area contributed by atoms with Crippen LogP contribution in [0.15, 0.2) is 41.8 Å². The lowest BCUT2D eigenvalue weighted by Crippen LogP contribution is -2.13. The Morgan fingerprint density at radius 3 is 2.65 bits per heavy atom. The number of hydrogen-bond acceptors (Lipinski definition) is 5. The van der Waals surface area contributed by atoms with Crippen LogP contribution in [0.4, 0.5) is 10.8 Å². The Balaban J connectivity index is 1.84. The van der Waals surface area contributed by atoms with Gasteiger partial charge in [0, 0.05) is 28.1 Å². The van der Waals surface area contributed by atoms with Crippen LogP contribution in [0.2, 0.25) is 0 Å². The van der Waals surface area contributed by atoms with Crippen molar-refractivity contribution in [1.82, 2.24) is 4.98 Å². The number of amides is 1. The zero-order valence-electron chi connectivity index (χ0n) is 14.6. The van der Waals surface area contributed by atoms with E-state index < -0.39 is 4.92 Å². The molecule has 7 heteroatoms. The van der Waals surface area contributed by atoms with Crippen molar-refractivity contribution in [3.63, 3.8) is 0 Å². The minimum Gasteiger partial charge on any atom is -0.298 e. The molecule has 0 saturated carbocycles. The van der Waals surface area contributed by atoms with Gasteiger partial charge in [0.2, 0.25) is 0 Å². The standard InChI is InChI=1S/C19H17N3O3S/c1-11-5-4-6-15(13(11)3)18(23)21-19-20-16(10-26-19)14-8-7-12(2)17(9-14)22(24)25/h4-10H,1-3H3,(H,20,21,23). The maximum atomic E-state index is 12.5. The number of thiazole rings is 1. The van der Waals surface area contributed by atoms with Gasteiger partial charge in [0.05, 0.1) is 10.6 Å². The van der Waals surface area contributed by atoms with E-state index in [1.54, 1.807) is 30.5 Å². The Kier molecular flexibility index (Phi) is 4.81. The number of benzene rings is 2. The molecular formula is C19H17N3O3S. The molecular weight excluding hydrogens is 350 g/mol. The Hall–Kier alpha value is -3.06. The van der Waals surface area contributed by atoms with E-state index in [1.165, 1.54) is 17.4 Å². The van der Waals surface area contributed by atoms with Crippen molar-refractivity contribution >= 4 is 28.1 Å². The molecule has 1 aromatic heterocycles. The molecule has 1 heterocycles. The van der Waals surface area contributed by atoms with Gasteiger partial charge in [-0.3, -0.25) is 20.2 Å². The van der Waals surface area contributed by atoms with Gasteiger partial charge in [0.15, 0.2) is 5.13 Å². The number of carbonyl (C=O) groups excluding carboxylic acids is 1. The number of anilines is 1. The summed E-state index contributed by atoms with van der Waals surface area (Å²) in [7, 11) is 0. The van der Waals surface area contributed by atoms with E-state index in [1.807, 2.05) is 26.0 Å². The average Bonchev–Trinajstić information content (AvgIpc) is 3.05. The van der Waals surface area contributed by atoms with Gasteiger partial charge in [0.1, 0.15) is 0 Å². The summed E-state index contributed by atoms with van der Waals surface area (Å²) in [5, 5.41) is 16.1. The summed E-state index contributed by atoms with van der Waals surface area (Å²) in [5.74, 6) is -0.220. The van der Waals surface area contributed by atoms with Crippen molar-refractivity contribution in [1.29, 1.82) is 0 Å². The number of carbonyl (C=O) groups is 1. The van der Waals surface area contributed by atoms with Gasteiger partial charge in [0.25, 0.3) is 11.6 Å². The fourth-order valence-corrected chi connectivity index (χ4v) is 3.31. The first-order valence-electron chi connectivity index (χ1n) is 7.95. The predicted octanol–water partition coefficient (Wildman–Crippen LogP) is 4.90. The largest absolute Gasteiger partial charge is 0.298 e. The third-order valence-electron chi connectivity index (χ3n) is 4.28. The summed E-state index contributed by atoms with van der Waals surface area (Å²) in [6, 6.07) is 10.6. The fraction of sp³-hybridized carbons (Fsp3) is 0.158. The number of aryl methyl sites for hydroxylation is 2. The third-order valence-corrected chi connectivity index (χ3v) is 5.03. The van der Waals surface area contributed by atoms with Crippen LogP contribution >= 0.6 is 11.3 Å². The SMILES string of the molecule is Cc1ccc(-c2csc(NC(=O)c3cccc(C)c3C)n2)cc1[N+](=O)[O-]. The van der Waals surface area contributed by atoms with Gasteiger partial charge >= 0.3 is 0 Å². The second-order valence-electron chi connectivity index (χ2n) is 6.00. The number of rotatable bonds is 4. The molecule has 0 saturated heterocycles. The Labute approximate surface area is 154 Å². The molecule has 26 heavy (non-hydrogen) atoms. The van der Waals surface area contributed by atoms with Gasteiger partial charge < -0.3 is 0 Å². The molecule has 0 atom stereocenters. The Morgan fingerprint density at radius 1 is 1.15 bits per heavy atom. The Morgan fingerprint density at radius 2 is 1.92 bits per heavy atom. The highest BCUT2D eigenvalue weighted by molar-refractivity contribution is 7.14. The lowest BCUT2D eigenvalue weighted by atomic mass is 10.0. The Bertz CT molecular complexity index is 1010. The molecule has 6 nitrogen and oxygen atoms in total. The molecule has 132 valence electrons. The molecule has 0 aliphatic carbocycles. The molecule has 0 aliphatic rings. The fourth-order valence-electron chi connectivity index (χ4n) is 2.59. The number of nitrogens with zero attached hydrogens (tertiary/aromatic N) is 2. The van der Waals surface area contributed by atoms with E-state index in [-0.39, 0.29) is 11.6 Å². The lowest BCUT2D eigenvalue weighted by Gasteiger charge is -2.07. The van der Waals surface area contributed by atoms with E-state index in [4.69, 9.17) is 0 Å². The molecule has 0 radical (unpaired) electrons. The van der Waals surface area contributed by atoms with Crippen LogP contribution in [-0.4, -0.2) is 15.8 Å². The first-order chi connectivity index (χ1) is 12.4. The van der Waals surface area contributed by atoms with E-state index in [0.717, 1.165) is 11.1 Å². The smallest absolute Gasteiger partial charge is 0.272 e. The van der Waals surface area contributed by atoms with E-state index in [0.29, 0.717) is 27.5 Å². The van der Waals surface area contributed by atoms with Crippen molar-refractivity contribution in [2.45, 2.75) is 20.8 Å². The average molecular weight is 367 g/mol. The van der Waals surface area contributed by atoms with E-state index >= 15 is 0 Å². The van der Waals surface area contributed by atoms with Gasteiger partial charge in [-0.1, -0.05) is 24.3 Å². The number of nitro benzene ring substituents is 1. The molecule has 0 spiro atoms. The van der Waals surface area contributed by atoms with Gasteiger partial charge in [-0.15, -0.1) is 11.3 Å². The van der Waals surface area contributed by atoms with Crippen LogP contribution in [-0.2, 0) is 0 Å². The third kappa shape index (κ3) is 3.48. The van der Waals surface area contributed by atoms with Crippen LogP contribution in [0.1, 0.15) is 27.0 Å². The monoisotopic (exact) mass is 367 g/mol. The zero-order valence-corrected chi connectivity index (χ0v) is 15.4.